The maximum atomic E-state index is 13.8. The Hall–Kier alpha value is -1.68. The molecule has 0 unspecified atom stereocenters. The molecule has 0 fully saturated rings. The molecular weight excluding hydrogens is 290 g/mol. The number of hydrogen-bond acceptors (Lipinski definition) is 2. The Labute approximate surface area is 127 Å². The second kappa shape index (κ2) is 5.98. The van der Waals surface area contributed by atoms with Crippen LogP contribution < -0.4 is 0 Å². The fourth-order valence-corrected chi connectivity index (χ4v) is 2.71. The van der Waals surface area contributed by atoms with Gasteiger partial charge >= 0.3 is 0 Å². The summed E-state index contributed by atoms with van der Waals surface area (Å²) in [5.74, 6) is -1.44. The lowest BCUT2D eigenvalue weighted by Crippen LogP contribution is -2.10. The average Bonchev–Trinajstić information content (AvgIpc) is 2.42. The first-order valence-electron chi connectivity index (χ1n) is 6.54. The van der Waals surface area contributed by atoms with Gasteiger partial charge in [0.05, 0.1) is 4.90 Å². The number of aldehydes is 1. The van der Waals surface area contributed by atoms with Crippen LogP contribution in [0.25, 0.3) is 0 Å². The van der Waals surface area contributed by atoms with Crippen molar-refractivity contribution in [2.75, 3.05) is 0 Å². The summed E-state index contributed by atoms with van der Waals surface area (Å²) in [4.78, 5) is 11.2. The van der Waals surface area contributed by atoms with Crippen molar-refractivity contribution in [1.29, 1.82) is 0 Å². The van der Waals surface area contributed by atoms with Crippen molar-refractivity contribution in [3.8, 4) is 0 Å². The van der Waals surface area contributed by atoms with E-state index in [2.05, 4.69) is 20.8 Å². The minimum absolute atomic E-state index is 0.00238. The van der Waals surface area contributed by atoms with Crippen molar-refractivity contribution >= 4 is 18.0 Å². The minimum Gasteiger partial charge on any atom is -0.298 e. The highest BCUT2D eigenvalue weighted by atomic mass is 32.2. The van der Waals surface area contributed by atoms with Gasteiger partial charge in [-0.3, -0.25) is 4.79 Å². The molecular formula is C17H16F2OS. The Kier molecular flexibility index (Phi) is 4.47. The van der Waals surface area contributed by atoms with E-state index in [0.717, 1.165) is 34.4 Å². The summed E-state index contributed by atoms with van der Waals surface area (Å²) >= 11 is 1.01. The molecule has 0 aliphatic rings. The van der Waals surface area contributed by atoms with Crippen molar-refractivity contribution in [3.05, 3.63) is 59.2 Å². The van der Waals surface area contributed by atoms with Crippen molar-refractivity contribution in [2.45, 2.75) is 36.0 Å². The first-order chi connectivity index (χ1) is 9.81. The first-order valence-corrected chi connectivity index (χ1v) is 7.35. The van der Waals surface area contributed by atoms with Gasteiger partial charge < -0.3 is 0 Å². The normalized spacial score (nSPS) is 11.5. The molecule has 0 saturated heterocycles. The van der Waals surface area contributed by atoms with Crippen LogP contribution in [0.1, 0.15) is 36.7 Å². The first kappa shape index (κ1) is 15.7. The molecule has 0 saturated carbocycles. The fraction of sp³-hybridized carbons (Fsp3) is 0.235. The Bertz CT molecular complexity index is 634. The standard InChI is InChI=1S/C17H16F2OS/c1-17(2,3)12-4-6-13(7-5-12)21-16-14(18)8-11(10-20)9-15(16)19/h4-10H,1-3H3. The topological polar surface area (TPSA) is 17.1 Å². The predicted molar refractivity (Wildman–Crippen MR) is 81.0 cm³/mol. The second-order valence-electron chi connectivity index (χ2n) is 5.81. The third-order valence-corrected chi connectivity index (χ3v) is 4.20. The summed E-state index contributed by atoms with van der Waals surface area (Å²) in [5.41, 5.74) is 1.19. The lowest BCUT2D eigenvalue weighted by Gasteiger charge is -2.19. The molecule has 0 heterocycles. The number of benzene rings is 2. The highest BCUT2D eigenvalue weighted by Gasteiger charge is 2.15. The maximum absolute atomic E-state index is 13.8. The molecule has 2 aromatic carbocycles. The van der Waals surface area contributed by atoms with Crippen LogP contribution in [0.15, 0.2) is 46.2 Å². The minimum atomic E-state index is -0.720. The van der Waals surface area contributed by atoms with E-state index in [1.807, 2.05) is 24.3 Å². The Morgan fingerprint density at radius 3 is 1.95 bits per heavy atom. The molecule has 21 heavy (non-hydrogen) atoms. The monoisotopic (exact) mass is 306 g/mol. The van der Waals surface area contributed by atoms with Gasteiger partial charge in [0.15, 0.2) is 0 Å². The van der Waals surface area contributed by atoms with Crippen LogP contribution >= 0.6 is 11.8 Å². The summed E-state index contributed by atoms with van der Waals surface area (Å²) in [6, 6.07) is 9.69. The third-order valence-electron chi connectivity index (χ3n) is 3.10. The highest BCUT2D eigenvalue weighted by molar-refractivity contribution is 7.99. The van der Waals surface area contributed by atoms with Gasteiger partial charge in [-0.25, -0.2) is 8.78 Å². The molecule has 4 heteroatoms. The van der Waals surface area contributed by atoms with Crippen molar-refractivity contribution in [3.63, 3.8) is 0 Å². The SMILES string of the molecule is CC(C)(C)c1ccc(Sc2c(F)cc(C=O)cc2F)cc1. The van der Waals surface area contributed by atoms with Crippen LogP contribution in [0, 0.1) is 11.6 Å². The average molecular weight is 306 g/mol. The van der Waals surface area contributed by atoms with Gasteiger partial charge in [0.1, 0.15) is 17.9 Å². The molecule has 0 aliphatic heterocycles. The van der Waals surface area contributed by atoms with Crippen LogP contribution in [0.3, 0.4) is 0 Å². The van der Waals surface area contributed by atoms with E-state index in [1.54, 1.807) is 0 Å². The number of carbonyl (C=O) groups is 1. The summed E-state index contributed by atoms with van der Waals surface area (Å²) in [6.07, 6.45) is 0.429. The van der Waals surface area contributed by atoms with E-state index in [4.69, 9.17) is 0 Å². The molecule has 0 spiro atoms. The fourth-order valence-electron chi connectivity index (χ4n) is 1.89. The molecule has 2 rings (SSSR count). The number of hydrogen-bond donors (Lipinski definition) is 0. The number of halogens is 2. The Balaban J connectivity index is 2.28. The summed E-state index contributed by atoms with van der Waals surface area (Å²) in [6.45, 7) is 6.31. The molecule has 0 aromatic heterocycles. The van der Waals surface area contributed by atoms with Gasteiger partial charge in [-0.15, -0.1) is 0 Å². The van der Waals surface area contributed by atoms with E-state index in [-0.39, 0.29) is 15.9 Å². The van der Waals surface area contributed by atoms with Gasteiger partial charge in [-0.1, -0.05) is 44.7 Å². The van der Waals surface area contributed by atoms with E-state index in [9.17, 15) is 13.6 Å². The summed E-state index contributed by atoms with van der Waals surface area (Å²) in [7, 11) is 0. The molecule has 110 valence electrons. The highest BCUT2D eigenvalue weighted by Crippen LogP contribution is 2.33. The maximum Gasteiger partial charge on any atom is 0.150 e. The lowest BCUT2D eigenvalue weighted by atomic mass is 9.87. The zero-order chi connectivity index (χ0) is 15.6. The molecule has 2 aromatic rings. The van der Waals surface area contributed by atoms with Gasteiger partial charge in [0, 0.05) is 10.5 Å². The van der Waals surface area contributed by atoms with Crippen LogP contribution in [0.2, 0.25) is 0 Å². The van der Waals surface area contributed by atoms with Crippen LogP contribution in [0.4, 0.5) is 8.78 Å². The second-order valence-corrected chi connectivity index (χ2v) is 6.89. The third kappa shape index (κ3) is 3.70. The smallest absolute Gasteiger partial charge is 0.150 e. The van der Waals surface area contributed by atoms with E-state index in [1.165, 1.54) is 0 Å². The summed E-state index contributed by atoms with van der Waals surface area (Å²) < 4.78 is 27.7. The molecule has 1 nitrogen and oxygen atoms in total. The van der Waals surface area contributed by atoms with Crippen molar-refractivity contribution < 1.29 is 13.6 Å². The summed E-state index contributed by atoms with van der Waals surface area (Å²) in [5, 5.41) is 0. The van der Waals surface area contributed by atoms with E-state index >= 15 is 0 Å². The van der Waals surface area contributed by atoms with Crippen molar-refractivity contribution in [2.24, 2.45) is 0 Å². The Morgan fingerprint density at radius 1 is 1.00 bits per heavy atom. The van der Waals surface area contributed by atoms with E-state index < -0.39 is 11.6 Å². The molecule has 0 bridgehead atoms. The molecule has 0 radical (unpaired) electrons. The van der Waals surface area contributed by atoms with E-state index in [0.29, 0.717) is 6.29 Å². The predicted octanol–water partition coefficient (Wildman–Crippen LogP) is 5.23. The van der Waals surface area contributed by atoms with Crippen LogP contribution in [-0.2, 0) is 5.41 Å². The molecule has 0 atom stereocenters. The quantitative estimate of drug-likeness (QED) is 0.723. The lowest BCUT2D eigenvalue weighted by molar-refractivity contribution is 0.112. The molecule has 0 amide bonds. The van der Waals surface area contributed by atoms with Gasteiger partial charge in [0.25, 0.3) is 0 Å². The largest absolute Gasteiger partial charge is 0.298 e. The number of rotatable bonds is 3. The van der Waals surface area contributed by atoms with Crippen molar-refractivity contribution in [1.82, 2.24) is 0 Å². The molecule has 0 aliphatic carbocycles. The van der Waals surface area contributed by atoms with Gasteiger partial charge in [-0.05, 0) is 35.2 Å². The van der Waals surface area contributed by atoms with Gasteiger partial charge in [0.2, 0.25) is 0 Å². The molecule has 0 N–H and O–H groups in total. The van der Waals surface area contributed by atoms with Crippen LogP contribution in [0.5, 0.6) is 0 Å². The van der Waals surface area contributed by atoms with Crippen LogP contribution in [-0.4, -0.2) is 6.29 Å². The van der Waals surface area contributed by atoms with Gasteiger partial charge in [-0.2, -0.15) is 0 Å². The zero-order valence-corrected chi connectivity index (χ0v) is 12.9. The number of carbonyl (C=O) groups excluding carboxylic acids is 1. The zero-order valence-electron chi connectivity index (χ0n) is 12.1. The Morgan fingerprint density at radius 2 is 1.52 bits per heavy atom.